The van der Waals surface area contributed by atoms with Crippen LogP contribution in [0.25, 0.3) is 27.0 Å². The highest BCUT2D eigenvalue weighted by Gasteiger charge is 2.24. The number of hydrogen-bond donors (Lipinski definition) is 0. The fraction of sp³-hybridized carbons (Fsp3) is 0.167. The number of thiophene rings is 1. The summed E-state index contributed by atoms with van der Waals surface area (Å²) in [7, 11) is 0. The second-order valence-electron chi connectivity index (χ2n) is 6.71. The van der Waals surface area contributed by atoms with Gasteiger partial charge in [-0.2, -0.15) is 0 Å². The highest BCUT2D eigenvalue weighted by atomic mass is 32.1. The summed E-state index contributed by atoms with van der Waals surface area (Å²) in [6, 6.07) is 22.9. The maximum atomic E-state index is 13.4. The Labute approximate surface area is 173 Å². The first-order chi connectivity index (χ1) is 14.2. The molecule has 0 aliphatic carbocycles. The zero-order valence-corrected chi connectivity index (χ0v) is 17.3. The highest BCUT2D eigenvalue weighted by molar-refractivity contribution is 7.21. The Morgan fingerprint density at radius 1 is 0.897 bits per heavy atom. The van der Waals surface area contributed by atoms with Gasteiger partial charge < -0.3 is 4.90 Å². The summed E-state index contributed by atoms with van der Waals surface area (Å²) in [5, 5.41) is 0.917. The van der Waals surface area contributed by atoms with E-state index in [2.05, 4.69) is 0 Å². The van der Waals surface area contributed by atoms with E-state index in [9.17, 15) is 9.59 Å². The van der Waals surface area contributed by atoms with Crippen molar-refractivity contribution in [2.45, 2.75) is 13.8 Å². The van der Waals surface area contributed by atoms with Gasteiger partial charge in [-0.15, -0.1) is 11.3 Å². The van der Waals surface area contributed by atoms with E-state index in [0.29, 0.717) is 18.0 Å². The predicted octanol–water partition coefficient (Wildman–Crippen LogP) is 5.20. The third-order valence-electron chi connectivity index (χ3n) is 5.06. The molecule has 0 bridgehead atoms. The van der Waals surface area contributed by atoms with Gasteiger partial charge in [0, 0.05) is 30.1 Å². The third kappa shape index (κ3) is 3.38. The molecule has 2 aromatic carbocycles. The van der Waals surface area contributed by atoms with Crippen molar-refractivity contribution < 1.29 is 4.79 Å². The van der Waals surface area contributed by atoms with E-state index < -0.39 is 0 Å². The van der Waals surface area contributed by atoms with Gasteiger partial charge in [0.2, 0.25) is 0 Å². The van der Waals surface area contributed by atoms with Crippen molar-refractivity contribution in [3.63, 3.8) is 0 Å². The van der Waals surface area contributed by atoms with Crippen molar-refractivity contribution in [2.24, 2.45) is 0 Å². The predicted molar refractivity (Wildman–Crippen MR) is 120 cm³/mol. The molecule has 1 amide bonds. The maximum absolute atomic E-state index is 13.4. The van der Waals surface area contributed by atoms with Crippen LogP contribution in [0.2, 0.25) is 0 Å². The first kappa shape index (κ1) is 19.2. The number of para-hydroxylation sites is 1. The van der Waals surface area contributed by atoms with Crippen molar-refractivity contribution >= 4 is 27.5 Å². The highest BCUT2D eigenvalue weighted by Crippen LogP contribution is 2.39. The summed E-state index contributed by atoms with van der Waals surface area (Å²) in [4.78, 5) is 29.4. The van der Waals surface area contributed by atoms with Crippen LogP contribution in [0.4, 0.5) is 0 Å². The standard InChI is InChI=1S/C24H22N2O2S/c1-3-25(4-2)23(28)22-21(17-11-7-5-8-12-17)19-15-16-20(27)26(24(19)29-22)18-13-9-6-10-14-18/h5-16H,3-4H2,1-2H3. The van der Waals surface area contributed by atoms with Crippen LogP contribution in [-0.2, 0) is 0 Å². The Hall–Kier alpha value is -3.18. The number of fused-ring (bicyclic) bond motifs is 1. The van der Waals surface area contributed by atoms with Crippen molar-refractivity contribution in [2.75, 3.05) is 13.1 Å². The topological polar surface area (TPSA) is 42.3 Å². The van der Waals surface area contributed by atoms with E-state index in [0.717, 1.165) is 27.0 Å². The second-order valence-corrected chi connectivity index (χ2v) is 7.71. The number of carbonyl (C=O) groups excluding carboxylic acids is 1. The Bertz CT molecular complexity index is 1210. The number of carbonyl (C=O) groups is 1. The monoisotopic (exact) mass is 402 g/mol. The van der Waals surface area contributed by atoms with Gasteiger partial charge >= 0.3 is 0 Å². The second kappa shape index (κ2) is 8.05. The molecule has 2 heterocycles. The van der Waals surface area contributed by atoms with E-state index in [1.165, 1.54) is 11.3 Å². The Morgan fingerprint density at radius 3 is 2.14 bits per heavy atom. The molecule has 146 valence electrons. The van der Waals surface area contributed by atoms with Crippen LogP contribution < -0.4 is 5.56 Å². The zero-order valence-electron chi connectivity index (χ0n) is 16.5. The number of aromatic nitrogens is 1. The van der Waals surface area contributed by atoms with Crippen LogP contribution in [0.5, 0.6) is 0 Å². The first-order valence-electron chi connectivity index (χ1n) is 9.74. The average Bonchev–Trinajstić information content (AvgIpc) is 3.15. The first-order valence-corrected chi connectivity index (χ1v) is 10.6. The van der Waals surface area contributed by atoms with Gasteiger partial charge in [0.05, 0.1) is 5.69 Å². The molecular formula is C24H22N2O2S. The van der Waals surface area contributed by atoms with Gasteiger partial charge in [-0.1, -0.05) is 48.5 Å². The van der Waals surface area contributed by atoms with Crippen LogP contribution in [0.15, 0.2) is 77.6 Å². The molecule has 0 aliphatic rings. The molecule has 0 unspecified atom stereocenters. The van der Waals surface area contributed by atoms with Crippen LogP contribution in [0, 0.1) is 0 Å². The summed E-state index contributed by atoms with van der Waals surface area (Å²) in [5.74, 6) is 0.00196. The normalized spacial score (nSPS) is 11.0. The van der Waals surface area contributed by atoms with Gasteiger partial charge in [-0.25, -0.2) is 0 Å². The molecular weight excluding hydrogens is 380 g/mol. The van der Waals surface area contributed by atoms with Crippen LogP contribution in [0.1, 0.15) is 23.5 Å². The average molecular weight is 403 g/mol. The zero-order chi connectivity index (χ0) is 20.4. The minimum Gasteiger partial charge on any atom is -0.338 e. The molecule has 4 rings (SSSR count). The largest absolute Gasteiger partial charge is 0.338 e. The number of rotatable bonds is 5. The Morgan fingerprint density at radius 2 is 1.52 bits per heavy atom. The summed E-state index contributed by atoms with van der Waals surface area (Å²) in [6.07, 6.45) is 0. The molecule has 2 aromatic heterocycles. The summed E-state index contributed by atoms with van der Waals surface area (Å²) >= 11 is 1.39. The SMILES string of the molecule is CCN(CC)C(=O)c1sc2c(ccc(=O)n2-c2ccccc2)c1-c1ccccc1. The van der Waals surface area contributed by atoms with Crippen LogP contribution in [0.3, 0.4) is 0 Å². The van der Waals surface area contributed by atoms with Crippen molar-refractivity contribution in [1.29, 1.82) is 0 Å². The molecule has 0 aliphatic heterocycles. The van der Waals surface area contributed by atoms with Gasteiger partial charge in [0.25, 0.3) is 11.5 Å². The van der Waals surface area contributed by atoms with Gasteiger partial charge in [0.1, 0.15) is 9.71 Å². The lowest BCUT2D eigenvalue weighted by molar-refractivity contribution is 0.0778. The van der Waals surface area contributed by atoms with Gasteiger partial charge in [-0.3, -0.25) is 14.2 Å². The van der Waals surface area contributed by atoms with E-state index in [4.69, 9.17) is 0 Å². The molecule has 29 heavy (non-hydrogen) atoms. The molecule has 0 saturated heterocycles. The third-order valence-corrected chi connectivity index (χ3v) is 6.24. The minimum atomic E-state index is -0.105. The number of nitrogens with zero attached hydrogens (tertiary/aromatic N) is 2. The summed E-state index contributed by atoms with van der Waals surface area (Å²) in [6.45, 7) is 5.25. The van der Waals surface area contributed by atoms with E-state index in [1.807, 2.05) is 85.5 Å². The van der Waals surface area contributed by atoms with Crippen molar-refractivity contribution in [3.05, 3.63) is 88.0 Å². The fourth-order valence-corrected chi connectivity index (χ4v) is 4.91. The number of pyridine rings is 1. The van der Waals surface area contributed by atoms with Crippen molar-refractivity contribution in [3.8, 4) is 16.8 Å². The lowest BCUT2D eigenvalue weighted by Crippen LogP contribution is -2.30. The van der Waals surface area contributed by atoms with Gasteiger partial charge in [0.15, 0.2) is 0 Å². The lowest BCUT2D eigenvalue weighted by Gasteiger charge is -2.18. The molecule has 0 N–H and O–H groups in total. The Balaban J connectivity index is 2.07. The fourth-order valence-electron chi connectivity index (χ4n) is 3.60. The minimum absolute atomic E-state index is 0.00196. The summed E-state index contributed by atoms with van der Waals surface area (Å²) < 4.78 is 1.70. The molecule has 0 radical (unpaired) electrons. The molecule has 0 saturated carbocycles. The Kier molecular flexibility index (Phi) is 5.32. The summed E-state index contributed by atoms with van der Waals surface area (Å²) in [5.41, 5.74) is 2.57. The van der Waals surface area contributed by atoms with Gasteiger partial charge in [-0.05, 0) is 37.6 Å². The number of benzene rings is 2. The molecule has 4 nitrogen and oxygen atoms in total. The maximum Gasteiger partial charge on any atom is 0.264 e. The number of hydrogen-bond acceptors (Lipinski definition) is 3. The number of amides is 1. The molecule has 5 heteroatoms. The smallest absolute Gasteiger partial charge is 0.264 e. The van der Waals surface area contributed by atoms with E-state index in [-0.39, 0.29) is 11.5 Å². The van der Waals surface area contributed by atoms with Crippen molar-refractivity contribution in [1.82, 2.24) is 9.47 Å². The molecule has 0 atom stereocenters. The molecule has 4 aromatic rings. The van der Waals surface area contributed by atoms with E-state index >= 15 is 0 Å². The quantitative estimate of drug-likeness (QED) is 0.460. The van der Waals surface area contributed by atoms with E-state index in [1.54, 1.807) is 10.6 Å². The molecule has 0 fully saturated rings. The lowest BCUT2D eigenvalue weighted by atomic mass is 10.0. The van der Waals surface area contributed by atoms with Crippen LogP contribution >= 0.6 is 11.3 Å². The molecule has 0 spiro atoms. The van der Waals surface area contributed by atoms with Crippen LogP contribution in [-0.4, -0.2) is 28.5 Å².